The quantitative estimate of drug-likeness (QED) is 0.885. The highest BCUT2D eigenvalue weighted by Crippen LogP contribution is 2.37. The molecule has 1 amide bonds. The summed E-state index contributed by atoms with van der Waals surface area (Å²) in [6.07, 6.45) is 1.46. The molecule has 6 heteroatoms. The maximum atomic E-state index is 12.4. The van der Waals surface area contributed by atoms with Gasteiger partial charge in [0, 0.05) is 18.5 Å². The van der Waals surface area contributed by atoms with E-state index in [1.54, 1.807) is 19.2 Å². The number of hydrogen-bond donors (Lipinski definition) is 1. The molecule has 0 aromatic heterocycles. The Morgan fingerprint density at radius 3 is 2.88 bits per heavy atom. The normalized spacial score (nSPS) is 13.0. The fraction of sp³-hybridized carbons (Fsp3) is 0.316. The number of halogens is 1. The zero-order valence-corrected chi connectivity index (χ0v) is 14.8. The van der Waals surface area contributed by atoms with E-state index < -0.39 is 0 Å². The summed E-state index contributed by atoms with van der Waals surface area (Å²) < 4.78 is 16.5. The predicted octanol–water partition coefficient (Wildman–Crippen LogP) is 3.48. The van der Waals surface area contributed by atoms with Crippen LogP contribution in [-0.2, 0) is 6.42 Å². The van der Waals surface area contributed by atoms with Crippen LogP contribution >= 0.6 is 11.6 Å². The van der Waals surface area contributed by atoms with Crippen LogP contribution in [0, 0.1) is 0 Å². The van der Waals surface area contributed by atoms with E-state index in [1.165, 1.54) is 0 Å². The van der Waals surface area contributed by atoms with E-state index in [9.17, 15) is 4.79 Å². The van der Waals surface area contributed by atoms with Crippen molar-refractivity contribution in [3.63, 3.8) is 0 Å². The van der Waals surface area contributed by atoms with Crippen molar-refractivity contribution in [1.82, 2.24) is 5.32 Å². The van der Waals surface area contributed by atoms with Crippen LogP contribution in [0.25, 0.3) is 0 Å². The second-order valence-electron chi connectivity index (χ2n) is 5.65. The van der Waals surface area contributed by atoms with Gasteiger partial charge in [0.1, 0.15) is 5.75 Å². The van der Waals surface area contributed by atoms with Crippen LogP contribution in [0.5, 0.6) is 17.2 Å². The largest absolute Gasteiger partial charge is 0.496 e. The van der Waals surface area contributed by atoms with Gasteiger partial charge in [-0.2, -0.15) is 0 Å². The predicted molar refractivity (Wildman–Crippen MR) is 96.1 cm³/mol. The summed E-state index contributed by atoms with van der Waals surface area (Å²) in [6.45, 7) is 1.59. The first-order chi connectivity index (χ1) is 12.2. The number of fused-ring (bicyclic) bond motifs is 1. The van der Waals surface area contributed by atoms with E-state index in [4.69, 9.17) is 25.8 Å². The molecule has 0 saturated carbocycles. The molecule has 25 heavy (non-hydrogen) atoms. The Bertz CT molecular complexity index is 763. The summed E-state index contributed by atoms with van der Waals surface area (Å²) in [5.74, 6) is 1.63. The van der Waals surface area contributed by atoms with Crippen LogP contribution in [0.15, 0.2) is 36.4 Å². The number of hydrogen-bond acceptors (Lipinski definition) is 4. The van der Waals surface area contributed by atoms with E-state index in [1.807, 2.05) is 24.3 Å². The number of methoxy groups -OCH3 is 1. The number of rotatable bonds is 5. The molecule has 2 aromatic carbocycles. The van der Waals surface area contributed by atoms with E-state index >= 15 is 0 Å². The maximum absolute atomic E-state index is 12.4. The lowest BCUT2D eigenvalue weighted by atomic mass is 10.1. The van der Waals surface area contributed by atoms with Crippen LogP contribution < -0.4 is 19.5 Å². The van der Waals surface area contributed by atoms with E-state index in [0.29, 0.717) is 48.3 Å². The van der Waals surface area contributed by atoms with Gasteiger partial charge in [-0.05, 0) is 30.2 Å². The third-order valence-corrected chi connectivity index (χ3v) is 4.22. The first-order valence-corrected chi connectivity index (χ1v) is 8.56. The van der Waals surface area contributed by atoms with Crippen molar-refractivity contribution >= 4 is 17.5 Å². The number of carbonyl (C=O) groups is 1. The highest BCUT2D eigenvalue weighted by Gasteiger charge is 2.18. The van der Waals surface area contributed by atoms with Crippen LogP contribution in [0.3, 0.4) is 0 Å². The van der Waals surface area contributed by atoms with Gasteiger partial charge in [0.05, 0.1) is 25.3 Å². The fourth-order valence-corrected chi connectivity index (χ4v) is 2.95. The van der Waals surface area contributed by atoms with Crippen LogP contribution in [0.4, 0.5) is 0 Å². The topological polar surface area (TPSA) is 56.8 Å². The third-order valence-electron chi connectivity index (χ3n) is 3.94. The Morgan fingerprint density at radius 2 is 2.04 bits per heavy atom. The van der Waals surface area contributed by atoms with Crippen molar-refractivity contribution < 1.29 is 19.0 Å². The average molecular weight is 362 g/mol. The van der Waals surface area contributed by atoms with Gasteiger partial charge in [-0.15, -0.1) is 0 Å². The van der Waals surface area contributed by atoms with Gasteiger partial charge in [0.2, 0.25) is 0 Å². The standard InChI is InChI=1S/C19H20ClNO4/c1-23-16-6-3-2-5-13(16)7-8-21-19(22)14-11-15(20)18-17(12-14)24-9-4-10-25-18/h2-3,5-6,11-12H,4,7-10H2,1H3,(H,21,22). The minimum Gasteiger partial charge on any atom is -0.496 e. The Balaban J connectivity index is 1.65. The molecule has 1 aliphatic rings. The molecule has 0 saturated heterocycles. The second kappa shape index (κ2) is 8.12. The minimum atomic E-state index is -0.201. The Hall–Kier alpha value is -2.40. The molecule has 3 rings (SSSR count). The second-order valence-corrected chi connectivity index (χ2v) is 6.06. The number of ether oxygens (including phenoxy) is 3. The van der Waals surface area contributed by atoms with E-state index in [2.05, 4.69) is 5.32 Å². The summed E-state index contributed by atoms with van der Waals surface area (Å²) in [4.78, 5) is 12.4. The van der Waals surface area contributed by atoms with Crippen molar-refractivity contribution in [3.05, 3.63) is 52.5 Å². The molecular formula is C19H20ClNO4. The number of benzene rings is 2. The van der Waals surface area contributed by atoms with Gasteiger partial charge in [0.25, 0.3) is 5.91 Å². The fourth-order valence-electron chi connectivity index (χ4n) is 2.68. The van der Waals surface area contributed by atoms with Gasteiger partial charge in [0.15, 0.2) is 11.5 Å². The first kappa shape index (κ1) is 17.4. The smallest absolute Gasteiger partial charge is 0.251 e. The van der Waals surface area contributed by atoms with Crippen molar-refractivity contribution in [2.75, 3.05) is 26.9 Å². The van der Waals surface area contributed by atoms with Crippen LogP contribution in [0.1, 0.15) is 22.3 Å². The zero-order valence-electron chi connectivity index (χ0n) is 14.0. The summed E-state index contributed by atoms with van der Waals surface area (Å²) in [5.41, 5.74) is 1.50. The summed E-state index contributed by atoms with van der Waals surface area (Å²) >= 11 is 6.23. The number of carbonyl (C=O) groups excluding carboxylic acids is 1. The van der Waals surface area contributed by atoms with E-state index in [-0.39, 0.29) is 5.91 Å². The lowest BCUT2D eigenvalue weighted by molar-refractivity contribution is 0.0953. The summed E-state index contributed by atoms with van der Waals surface area (Å²) in [5, 5.41) is 3.28. The monoisotopic (exact) mass is 361 g/mol. The average Bonchev–Trinajstić information content (AvgIpc) is 2.88. The zero-order chi connectivity index (χ0) is 17.6. The molecule has 0 radical (unpaired) electrons. The Labute approximate surface area is 151 Å². The van der Waals surface area contributed by atoms with Crippen molar-refractivity contribution in [1.29, 1.82) is 0 Å². The van der Waals surface area contributed by atoms with Crippen molar-refractivity contribution in [2.45, 2.75) is 12.8 Å². The van der Waals surface area contributed by atoms with Crippen molar-refractivity contribution in [3.8, 4) is 17.2 Å². The molecule has 1 heterocycles. The Morgan fingerprint density at radius 1 is 1.24 bits per heavy atom. The number of amides is 1. The molecule has 0 unspecified atom stereocenters. The van der Waals surface area contributed by atoms with Crippen molar-refractivity contribution in [2.24, 2.45) is 0 Å². The maximum Gasteiger partial charge on any atom is 0.251 e. The highest BCUT2D eigenvalue weighted by molar-refractivity contribution is 6.32. The first-order valence-electron chi connectivity index (χ1n) is 8.18. The molecule has 2 aromatic rings. The molecule has 0 aliphatic carbocycles. The molecule has 132 valence electrons. The lowest BCUT2D eigenvalue weighted by Crippen LogP contribution is -2.25. The lowest BCUT2D eigenvalue weighted by Gasteiger charge is -2.12. The number of nitrogens with one attached hydrogen (secondary N) is 1. The molecule has 1 aliphatic heterocycles. The van der Waals surface area contributed by atoms with Gasteiger partial charge in [-0.3, -0.25) is 4.79 Å². The van der Waals surface area contributed by atoms with Gasteiger partial charge in [-0.1, -0.05) is 29.8 Å². The molecule has 1 N–H and O–H groups in total. The van der Waals surface area contributed by atoms with Gasteiger partial charge < -0.3 is 19.5 Å². The summed E-state index contributed by atoms with van der Waals surface area (Å²) in [6, 6.07) is 11.0. The third kappa shape index (κ3) is 4.17. The van der Waals surface area contributed by atoms with Gasteiger partial charge in [-0.25, -0.2) is 0 Å². The molecule has 0 bridgehead atoms. The molecular weight excluding hydrogens is 342 g/mol. The van der Waals surface area contributed by atoms with E-state index in [0.717, 1.165) is 17.7 Å². The minimum absolute atomic E-state index is 0.201. The van der Waals surface area contributed by atoms with Crippen LogP contribution in [-0.4, -0.2) is 32.8 Å². The SMILES string of the molecule is COc1ccccc1CCNC(=O)c1cc(Cl)c2c(c1)OCCCO2. The molecule has 5 nitrogen and oxygen atoms in total. The molecule has 0 atom stereocenters. The number of para-hydroxylation sites is 1. The summed E-state index contributed by atoms with van der Waals surface area (Å²) in [7, 11) is 1.64. The Kier molecular flexibility index (Phi) is 5.66. The highest BCUT2D eigenvalue weighted by atomic mass is 35.5. The molecule has 0 fully saturated rings. The van der Waals surface area contributed by atoms with Gasteiger partial charge >= 0.3 is 0 Å². The van der Waals surface area contributed by atoms with Crippen LogP contribution in [0.2, 0.25) is 5.02 Å². The molecule has 0 spiro atoms.